The third-order valence-corrected chi connectivity index (χ3v) is 3.30. The Balaban J connectivity index is 1.97. The lowest BCUT2D eigenvalue weighted by Gasteiger charge is -2.08. The molecule has 0 radical (unpaired) electrons. The summed E-state index contributed by atoms with van der Waals surface area (Å²) in [5, 5.41) is 7.03. The largest absolute Gasteiger partial charge is 0.395 e. The third-order valence-electron chi connectivity index (χ3n) is 3.30. The van der Waals surface area contributed by atoms with Crippen LogP contribution >= 0.6 is 0 Å². The number of nitrogens with one attached hydrogen (secondary N) is 1. The molecule has 3 N–H and O–H groups in total. The predicted octanol–water partition coefficient (Wildman–Crippen LogP) is 1.91. The van der Waals surface area contributed by atoms with E-state index < -0.39 is 0 Å². The fourth-order valence-corrected chi connectivity index (χ4v) is 2.12. The zero-order valence-electron chi connectivity index (χ0n) is 12.2. The Morgan fingerprint density at radius 1 is 1.38 bits per heavy atom. The Bertz CT molecular complexity index is 634. The van der Waals surface area contributed by atoms with Crippen LogP contribution in [0.2, 0.25) is 0 Å². The van der Waals surface area contributed by atoms with Crippen molar-refractivity contribution in [1.82, 2.24) is 15.1 Å². The van der Waals surface area contributed by atoms with Crippen molar-refractivity contribution in [2.45, 2.75) is 26.8 Å². The van der Waals surface area contributed by atoms with Gasteiger partial charge in [0.15, 0.2) is 0 Å². The molecule has 21 heavy (non-hydrogen) atoms. The van der Waals surface area contributed by atoms with E-state index in [2.05, 4.69) is 10.4 Å². The molecule has 2 aromatic rings. The minimum atomic E-state index is -0.266. The van der Waals surface area contributed by atoms with Crippen molar-refractivity contribution in [3.8, 4) is 0 Å². The minimum absolute atomic E-state index is 0.239. The molecule has 0 aliphatic heterocycles. The van der Waals surface area contributed by atoms with Gasteiger partial charge in [0.25, 0.3) is 5.91 Å². The number of nitrogens with zero attached hydrogens (tertiary/aromatic N) is 2. The van der Waals surface area contributed by atoms with Crippen LogP contribution in [0, 0.1) is 12.7 Å². The van der Waals surface area contributed by atoms with E-state index in [1.165, 1.54) is 12.1 Å². The van der Waals surface area contributed by atoms with E-state index in [9.17, 15) is 9.18 Å². The topological polar surface area (TPSA) is 72.9 Å². The highest BCUT2D eigenvalue weighted by Crippen LogP contribution is 2.16. The quantitative estimate of drug-likeness (QED) is 0.883. The van der Waals surface area contributed by atoms with Crippen molar-refractivity contribution >= 4 is 11.6 Å². The molecule has 5 nitrogen and oxygen atoms in total. The summed E-state index contributed by atoms with van der Waals surface area (Å²) in [4.78, 5) is 12.2. The molecule has 1 heterocycles. The van der Waals surface area contributed by atoms with Gasteiger partial charge >= 0.3 is 0 Å². The summed E-state index contributed by atoms with van der Waals surface area (Å²) in [5.74, 6) is -0.505. The lowest BCUT2D eigenvalue weighted by molar-refractivity contribution is 0.0944. The van der Waals surface area contributed by atoms with Crippen LogP contribution in [0.15, 0.2) is 24.3 Å². The van der Waals surface area contributed by atoms with Gasteiger partial charge in [-0.2, -0.15) is 5.10 Å². The Morgan fingerprint density at radius 2 is 2.05 bits per heavy atom. The highest BCUT2D eigenvalue weighted by Gasteiger charge is 2.18. The molecular formula is C15H19FN4O. The molecular weight excluding hydrogens is 271 g/mol. The zero-order valence-corrected chi connectivity index (χ0v) is 12.2. The molecule has 0 bridgehead atoms. The van der Waals surface area contributed by atoms with Crippen LogP contribution in [-0.2, 0) is 13.0 Å². The number of benzene rings is 1. The molecule has 0 aliphatic rings. The van der Waals surface area contributed by atoms with Crippen LogP contribution in [0.1, 0.15) is 28.7 Å². The van der Waals surface area contributed by atoms with Gasteiger partial charge in [-0.05, 0) is 38.0 Å². The molecule has 0 fully saturated rings. The third kappa shape index (κ3) is 3.39. The first-order valence-electron chi connectivity index (χ1n) is 6.88. The average molecular weight is 290 g/mol. The number of hydrogen-bond acceptors (Lipinski definition) is 3. The van der Waals surface area contributed by atoms with Crippen molar-refractivity contribution in [1.29, 1.82) is 0 Å². The second-order valence-corrected chi connectivity index (χ2v) is 4.80. The van der Waals surface area contributed by atoms with E-state index >= 15 is 0 Å². The molecule has 1 amide bonds. The number of aryl methyl sites for hydroxylation is 2. The maximum Gasteiger partial charge on any atom is 0.271 e. The molecule has 0 spiro atoms. The van der Waals surface area contributed by atoms with Gasteiger partial charge in [-0.3, -0.25) is 9.48 Å². The van der Waals surface area contributed by atoms with Crippen LogP contribution in [0.3, 0.4) is 0 Å². The van der Waals surface area contributed by atoms with E-state index in [0.29, 0.717) is 36.6 Å². The summed E-state index contributed by atoms with van der Waals surface area (Å²) in [6.07, 6.45) is 0.630. The molecule has 1 aromatic heterocycles. The smallest absolute Gasteiger partial charge is 0.271 e. The standard InChI is InChI=1S/C15H19FN4O/c1-3-20-14(13(17)10(2)19-20)15(21)18-9-8-11-4-6-12(16)7-5-11/h4-7H,3,8-9,17H2,1-2H3,(H,18,21). The molecule has 1 aromatic carbocycles. The second-order valence-electron chi connectivity index (χ2n) is 4.80. The van der Waals surface area contributed by atoms with Crippen LogP contribution in [0.25, 0.3) is 0 Å². The van der Waals surface area contributed by atoms with Crippen LogP contribution in [-0.4, -0.2) is 22.2 Å². The minimum Gasteiger partial charge on any atom is -0.395 e. The summed E-state index contributed by atoms with van der Waals surface area (Å²) in [5.41, 5.74) is 8.32. The van der Waals surface area contributed by atoms with Crippen molar-refractivity contribution < 1.29 is 9.18 Å². The number of amides is 1. The first kappa shape index (κ1) is 15.0. The lowest BCUT2D eigenvalue weighted by atomic mass is 10.1. The number of nitrogens with two attached hydrogens (primary N) is 1. The van der Waals surface area contributed by atoms with Crippen LogP contribution < -0.4 is 11.1 Å². The van der Waals surface area contributed by atoms with E-state index in [0.717, 1.165) is 5.56 Å². The van der Waals surface area contributed by atoms with Gasteiger partial charge in [0.05, 0.1) is 11.4 Å². The van der Waals surface area contributed by atoms with Crippen molar-refractivity contribution in [2.24, 2.45) is 0 Å². The monoisotopic (exact) mass is 290 g/mol. The van der Waals surface area contributed by atoms with Crippen LogP contribution in [0.4, 0.5) is 10.1 Å². The maximum atomic E-state index is 12.8. The zero-order chi connectivity index (χ0) is 15.4. The predicted molar refractivity (Wildman–Crippen MR) is 79.5 cm³/mol. The Labute approximate surface area is 123 Å². The van der Waals surface area contributed by atoms with Gasteiger partial charge in [-0.1, -0.05) is 12.1 Å². The maximum absolute atomic E-state index is 12.8. The molecule has 6 heteroatoms. The Morgan fingerprint density at radius 3 is 2.67 bits per heavy atom. The van der Waals surface area contributed by atoms with E-state index in [1.807, 2.05) is 6.92 Å². The number of anilines is 1. The average Bonchev–Trinajstić information content (AvgIpc) is 2.76. The number of halogens is 1. The highest BCUT2D eigenvalue weighted by atomic mass is 19.1. The summed E-state index contributed by atoms with van der Waals surface area (Å²) in [6, 6.07) is 6.22. The van der Waals surface area contributed by atoms with E-state index in [-0.39, 0.29) is 11.7 Å². The molecule has 0 saturated heterocycles. The first-order valence-corrected chi connectivity index (χ1v) is 6.88. The SMILES string of the molecule is CCn1nc(C)c(N)c1C(=O)NCCc1ccc(F)cc1. The second kappa shape index (κ2) is 6.39. The number of hydrogen-bond donors (Lipinski definition) is 2. The number of aromatic nitrogens is 2. The van der Waals surface area contributed by atoms with E-state index in [4.69, 9.17) is 5.73 Å². The number of carbonyl (C=O) groups is 1. The van der Waals surface area contributed by atoms with Gasteiger partial charge in [-0.25, -0.2) is 4.39 Å². The summed E-state index contributed by atoms with van der Waals surface area (Å²) in [7, 11) is 0. The van der Waals surface area contributed by atoms with Gasteiger partial charge < -0.3 is 11.1 Å². The fraction of sp³-hybridized carbons (Fsp3) is 0.333. The highest BCUT2D eigenvalue weighted by molar-refractivity contribution is 5.97. The van der Waals surface area contributed by atoms with Gasteiger partial charge in [0, 0.05) is 13.1 Å². The number of carbonyl (C=O) groups excluding carboxylic acids is 1. The molecule has 0 saturated carbocycles. The molecule has 112 valence electrons. The molecule has 0 atom stereocenters. The summed E-state index contributed by atoms with van der Waals surface area (Å²) >= 11 is 0. The Kier molecular flexibility index (Phi) is 4.57. The van der Waals surface area contributed by atoms with Gasteiger partial charge in [0.1, 0.15) is 11.5 Å². The van der Waals surface area contributed by atoms with Crippen molar-refractivity contribution in [3.05, 3.63) is 47.0 Å². The lowest BCUT2D eigenvalue weighted by Crippen LogP contribution is -2.28. The molecule has 2 rings (SSSR count). The Hall–Kier alpha value is -2.37. The normalized spacial score (nSPS) is 10.6. The summed E-state index contributed by atoms with van der Waals surface area (Å²) in [6.45, 7) is 4.72. The molecule has 0 unspecified atom stereocenters. The van der Waals surface area contributed by atoms with Gasteiger partial charge in [0.2, 0.25) is 0 Å². The summed E-state index contributed by atoms with van der Waals surface area (Å²) < 4.78 is 14.4. The van der Waals surface area contributed by atoms with Crippen molar-refractivity contribution in [3.63, 3.8) is 0 Å². The van der Waals surface area contributed by atoms with Crippen molar-refractivity contribution in [2.75, 3.05) is 12.3 Å². The fourth-order valence-electron chi connectivity index (χ4n) is 2.12. The van der Waals surface area contributed by atoms with E-state index in [1.54, 1.807) is 23.7 Å². The number of nitrogen functional groups attached to an aromatic ring is 1. The number of rotatable bonds is 5. The van der Waals surface area contributed by atoms with Gasteiger partial charge in [-0.15, -0.1) is 0 Å². The molecule has 0 aliphatic carbocycles. The van der Waals surface area contributed by atoms with Crippen LogP contribution in [0.5, 0.6) is 0 Å². The first-order chi connectivity index (χ1) is 10.0.